The van der Waals surface area contributed by atoms with Crippen molar-refractivity contribution in [2.45, 2.75) is 13.8 Å². The van der Waals surface area contributed by atoms with E-state index < -0.39 is 0 Å². The molecule has 0 saturated carbocycles. The standard InChI is InChI=1S/C15H14BrClN2S/c1-9-6-7-14(11(16)8-9)19-15(20)18-13-5-3-4-12(17)10(13)2/h3-8H,1-2H3,(H2,18,19,20). The Kier molecular flexibility index (Phi) is 5.02. The van der Waals surface area contributed by atoms with Gasteiger partial charge in [-0.1, -0.05) is 23.7 Å². The molecule has 104 valence electrons. The maximum atomic E-state index is 6.09. The number of aryl methyl sites for hydroxylation is 1. The molecule has 0 heterocycles. The molecule has 0 spiro atoms. The first-order valence-corrected chi connectivity index (χ1v) is 7.64. The number of nitrogens with one attached hydrogen (secondary N) is 2. The third kappa shape index (κ3) is 3.72. The molecule has 0 radical (unpaired) electrons. The quantitative estimate of drug-likeness (QED) is 0.681. The summed E-state index contributed by atoms with van der Waals surface area (Å²) in [6.07, 6.45) is 0. The molecule has 5 heteroatoms. The lowest BCUT2D eigenvalue weighted by atomic mass is 10.2. The van der Waals surface area contributed by atoms with E-state index in [9.17, 15) is 0 Å². The smallest absolute Gasteiger partial charge is 0.175 e. The molecule has 2 aromatic rings. The summed E-state index contributed by atoms with van der Waals surface area (Å²) in [6, 6.07) is 11.7. The average Bonchev–Trinajstić information content (AvgIpc) is 2.38. The van der Waals surface area contributed by atoms with E-state index in [0.29, 0.717) is 10.1 Å². The highest BCUT2D eigenvalue weighted by atomic mass is 79.9. The van der Waals surface area contributed by atoms with Gasteiger partial charge in [0.25, 0.3) is 0 Å². The van der Waals surface area contributed by atoms with Crippen LogP contribution >= 0.6 is 39.7 Å². The van der Waals surface area contributed by atoms with E-state index >= 15 is 0 Å². The largest absolute Gasteiger partial charge is 0.332 e. The van der Waals surface area contributed by atoms with Gasteiger partial charge in [-0.25, -0.2) is 0 Å². The van der Waals surface area contributed by atoms with Crippen LogP contribution in [0.15, 0.2) is 40.9 Å². The van der Waals surface area contributed by atoms with E-state index in [-0.39, 0.29) is 0 Å². The van der Waals surface area contributed by atoms with Gasteiger partial charge >= 0.3 is 0 Å². The van der Waals surface area contributed by atoms with Crippen molar-refractivity contribution in [1.82, 2.24) is 0 Å². The van der Waals surface area contributed by atoms with Crippen LogP contribution in [0.2, 0.25) is 5.02 Å². The highest BCUT2D eigenvalue weighted by molar-refractivity contribution is 9.10. The van der Waals surface area contributed by atoms with Crippen molar-refractivity contribution >= 4 is 56.2 Å². The highest BCUT2D eigenvalue weighted by Crippen LogP contribution is 2.25. The fourth-order valence-electron chi connectivity index (χ4n) is 1.74. The molecule has 0 aliphatic carbocycles. The number of hydrogen-bond donors (Lipinski definition) is 2. The summed E-state index contributed by atoms with van der Waals surface area (Å²) in [7, 11) is 0. The van der Waals surface area contributed by atoms with Crippen molar-refractivity contribution in [3.05, 3.63) is 57.0 Å². The summed E-state index contributed by atoms with van der Waals surface area (Å²) in [4.78, 5) is 0. The zero-order valence-corrected chi connectivity index (χ0v) is 14.3. The Morgan fingerprint density at radius 2 is 1.80 bits per heavy atom. The molecule has 0 atom stereocenters. The molecule has 0 aliphatic rings. The predicted molar refractivity (Wildman–Crippen MR) is 94.9 cm³/mol. The lowest BCUT2D eigenvalue weighted by molar-refractivity contribution is 1.43. The molecule has 0 saturated heterocycles. The van der Waals surface area contributed by atoms with Crippen LogP contribution in [0, 0.1) is 13.8 Å². The SMILES string of the molecule is Cc1ccc(NC(=S)Nc2cccc(Cl)c2C)c(Br)c1. The van der Waals surface area contributed by atoms with Gasteiger partial charge in [0.2, 0.25) is 0 Å². The number of benzene rings is 2. The van der Waals surface area contributed by atoms with Crippen LogP contribution in [0.3, 0.4) is 0 Å². The summed E-state index contributed by atoms with van der Waals surface area (Å²) >= 11 is 14.9. The van der Waals surface area contributed by atoms with Crippen molar-refractivity contribution in [3.63, 3.8) is 0 Å². The summed E-state index contributed by atoms with van der Waals surface area (Å²) < 4.78 is 0.976. The molecule has 0 aromatic heterocycles. The minimum atomic E-state index is 0.528. The van der Waals surface area contributed by atoms with Gasteiger partial charge in [-0.15, -0.1) is 0 Å². The van der Waals surface area contributed by atoms with Crippen LogP contribution in [-0.2, 0) is 0 Å². The molecule has 20 heavy (non-hydrogen) atoms. The van der Waals surface area contributed by atoms with E-state index in [1.807, 2.05) is 50.2 Å². The average molecular weight is 370 g/mol. The number of hydrogen-bond acceptors (Lipinski definition) is 1. The Bertz CT molecular complexity index is 658. The lowest BCUT2D eigenvalue weighted by Gasteiger charge is -2.14. The van der Waals surface area contributed by atoms with Crippen LogP contribution in [-0.4, -0.2) is 5.11 Å². The van der Waals surface area contributed by atoms with Gasteiger partial charge in [0.1, 0.15) is 0 Å². The predicted octanol–water partition coefficient (Wildman–Crippen LogP) is 5.53. The fraction of sp³-hybridized carbons (Fsp3) is 0.133. The normalized spacial score (nSPS) is 10.2. The van der Waals surface area contributed by atoms with Crippen molar-refractivity contribution in [2.75, 3.05) is 10.6 Å². The van der Waals surface area contributed by atoms with E-state index in [2.05, 4.69) is 26.6 Å². The zero-order valence-electron chi connectivity index (χ0n) is 11.1. The first-order chi connectivity index (χ1) is 9.47. The van der Waals surface area contributed by atoms with Crippen LogP contribution in [0.4, 0.5) is 11.4 Å². The first kappa shape index (κ1) is 15.3. The Balaban J connectivity index is 2.11. The lowest BCUT2D eigenvalue weighted by Crippen LogP contribution is -2.19. The monoisotopic (exact) mass is 368 g/mol. The van der Waals surface area contributed by atoms with Gasteiger partial charge in [0, 0.05) is 15.2 Å². The zero-order chi connectivity index (χ0) is 14.7. The number of rotatable bonds is 2. The van der Waals surface area contributed by atoms with Crippen molar-refractivity contribution in [3.8, 4) is 0 Å². The fourth-order valence-corrected chi connectivity index (χ4v) is 2.73. The molecule has 2 N–H and O–H groups in total. The Morgan fingerprint density at radius 3 is 2.50 bits per heavy atom. The highest BCUT2D eigenvalue weighted by Gasteiger charge is 2.06. The van der Waals surface area contributed by atoms with E-state index in [0.717, 1.165) is 21.4 Å². The second kappa shape index (κ2) is 6.57. The molecule has 0 unspecified atom stereocenters. The third-order valence-electron chi connectivity index (χ3n) is 2.89. The summed E-state index contributed by atoms with van der Waals surface area (Å²) in [5.41, 5.74) is 3.99. The topological polar surface area (TPSA) is 24.1 Å². The van der Waals surface area contributed by atoms with Crippen LogP contribution in [0.1, 0.15) is 11.1 Å². The molecule has 0 bridgehead atoms. The van der Waals surface area contributed by atoms with Gasteiger partial charge < -0.3 is 10.6 Å². The molecular weight excluding hydrogens is 356 g/mol. The van der Waals surface area contributed by atoms with Gasteiger partial charge in [-0.3, -0.25) is 0 Å². The molecule has 2 rings (SSSR count). The summed E-state index contributed by atoms with van der Waals surface area (Å²) in [5, 5.41) is 7.56. The van der Waals surface area contributed by atoms with Crippen LogP contribution < -0.4 is 10.6 Å². The molecule has 2 nitrogen and oxygen atoms in total. The van der Waals surface area contributed by atoms with Gasteiger partial charge in [-0.2, -0.15) is 0 Å². The van der Waals surface area contributed by atoms with Gasteiger partial charge in [-0.05, 0) is 77.4 Å². The van der Waals surface area contributed by atoms with Crippen LogP contribution in [0.25, 0.3) is 0 Å². The van der Waals surface area contributed by atoms with E-state index in [4.69, 9.17) is 23.8 Å². The molecule has 0 aliphatic heterocycles. The maximum Gasteiger partial charge on any atom is 0.175 e. The minimum Gasteiger partial charge on any atom is -0.332 e. The number of anilines is 2. The van der Waals surface area contributed by atoms with Gasteiger partial charge in [0.05, 0.1) is 5.69 Å². The van der Waals surface area contributed by atoms with Crippen molar-refractivity contribution in [2.24, 2.45) is 0 Å². The van der Waals surface area contributed by atoms with Crippen molar-refractivity contribution in [1.29, 1.82) is 0 Å². The Hall–Kier alpha value is -1.10. The Morgan fingerprint density at radius 1 is 1.10 bits per heavy atom. The summed E-state index contributed by atoms with van der Waals surface area (Å²) in [5.74, 6) is 0. The third-order valence-corrected chi connectivity index (χ3v) is 4.16. The number of halogens is 2. The first-order valence-electron chi connectivity index (χ1n) is 6.06. The molecule has 2 aromatic carbocycles. The Labute approximate surface area is 137 Å². The second-order valence-electron chi connectivity index (χ2n) is 4.47. The second-order valence-corrected chi connectivity index (χ2v) is 6.14. The molecular formula is C15H14BrClN2S. The van der Waals surface area contributed by atoms with Crippen LogP contribution in [0.5, 0.6) is 0 Å². The maximum absolute atomic E-state index is 6.09. The summed E-state index contributed by atoms with van der Waals surface area (Å²) in [6.45, 7) is 4.00. The number of thiocarbonyl (C=S) groups is 1. The van der Waals surface area contributed by atoms with E-state index in [1.165, 1.54) is 5.56 Å². The van der Waals surface area contributed by atoms with Gasteiger partial charge in [0.15, 0.2) is 5.11 Å². The molecule has 0 fully saturated rings. The van der Waals surface area contributed by atoms with Crippen molar-refractivity contribution < 1.29 is 0 Å². The minimum absolute atomic E-state index is 0.528. The van der Waals surface area contributed by atoms with E-state index in [1.54, 1.807) is 0 Å². The molecule has 0 amide bonds.